The molecule has 0 radical (unpaired) electrons. The molecule has 6 heteroatoms. The molecule has 1 aromatic rings. The number of piperidine rings is 1. The molecule has 1 aliphatic carbocycles. The number of carbonyl (C=O) groups is 3. The number of nitrogens with zero attached hydrogens (tertiary/aromatic N) is 1. The van der Waals surface area contributed by atoms with Crippen molar-refractivity contribution in [3.8, 4) is 0 Å². The first-order valence-electron chi connectivity index (χ1n) is 6.39. The van der Waals surface area contributed by atoms with Gasteiger partial charge in [-0.05, 0) is 37.5 Å². The normalized spacial score (nSPS) is 25.1. The summed E-state index contributed by atoms with van der Waals surface area (Å²) < 4.78 is 0. The Labute approximate surface area is 120 Å². The van der Waals surface area contributed by atoms with Crippen LogP contribution < -0.4 is 4.90 Å². The molecule has 3 rings (SSSR count). The highest BCUT2D eigenvalue weighted by atomic mass is 35.5. The molecule has 1 saturated carbocycles. The number of carboxylic acid groups (broad SMARTS) is 1. The maximum Gasteiger partial charge on any atom is 0.335 e. The van der Waals surface area contributed by atoms with Crippen LogP contribution in [-0.2, 0) is 9.59 Å². The summed E-state index contributed by atoms with van der Waals surface area (Å²) in [6.07, 6.45) is 2.09. The van der Waals surface area contributed by atoms with Crippen LogP contribution in [0.2, 0.25) is 5.02 Å². The molecule has 2 amide bonds. The summed E-state index contributed by atoms with van der Waals surface area (Å²) in [5, 5.41) is 9.01. The van der Waals surface area contributed by atoms with Gasteiger partial charge in [-0.15, -0.1) is 0 Å². The molecular formula is C14H12ClNO4. The third-order valence-corrected chi connectivity index (χ3v) is 4.31. The van der Waals surface area contributed by atoms with E-state index < -0.39 is 5.97 Å². The first-order valence-corrected chi connectivity index (χ1v) is 6.77. The fraction of sp³-hybridized carbons (Fsp3) is 0.357. The van der Waals surface area contributed by atoms with Gasteiger partial charge >= 0.3 is 5.97 Å². The SMILES string of the molecule is O=C(O)c1ccc(N2C(=O)C3CCC(C3)C2=O)c(Cl)c1. The molecule has 20 heavy (non-hydrogen) atoms. The van der Waals surface area contributed by atoms with Gasteiger partial charge in [-0.2, -0.15) is 0 Å². The van der Waals surface area contributed by atoms with Crippen LogP contribution in [0.15, 0.2) is 18.2 Å². The molecule has 2 unspecified atom stereocenters. The number of hydrogen-bond acceptors (Lipinski definition) is 3. The minimum Gasteiger partial charge on any atom is -0.478 e. The second-order valence-electron chi connectivity index (χ2n) is 5.19. The number of aromatic carboxylic acids is 1. The van der Waals surface area contributed by atoms with Crippen LogP contribution in [0.3, 0.4) is 0 Å². The van der Waals surface area contributed by atoms with Crippen molar-refractivity contribution in [2.24, 2.45) is 11.8 Å². The highest BCUT2D eigenvalue weighted by molar-refractivity contribution is 6.35. The Kier molecular flexibility index (Phi) is 3.01. The van der Waals surface area contributed by atoms with E-state index in [1.165, 1.54) is 18.2 Å². The molecule has 1 aliphatic heterocycles. The minimum absolute atomic E-state index is 0.0265. The van der Waals surface area contributed by atoms with Crippen LogP contribution in [0, 0.1) is 11.8 Å². The second-order valence-corrected chi connectivity index (χ2v) is 5.60. The van der Waals surface area contributed by atoms with Crippen molar-refractivity contribution in [3.05, 3.63) is 28.8 Å². The van der Waals surface area contributed by atoms with Gasteiger partial charge in [0.15, 0.2) is 0 Å². The number of amides is 2. The van der Waals surface area contributed by atoms with Crippen molar-refractivity contribution in [1.29, 1.82) is 0 Å². The van der Waals surface area contributed by atoms with Gasteiger partial charge in [-0.3, -0.25) is 9.59 Å². The summed E-state index contributed by atoms with van der Waals surface area (Å²) in [5.41, 5.74) is 0.307. The zero-order valence-electron chi connectivity index (χ0n) is 10.5. The standard InChI is InChI=1S/C14H12ClNO4/c15-10-6-9(14(19)20)3-4-11(10)16-12(17)7-1-2-8(5-7)13(16)18/h3-4,6-8H,1-2,5H2,(H,19,20). The van der Waals surface area contributed by atoms with Gasteiger partial charge in [0.05, 0.1) is 16.3 Å². The maximum atomic E-state index is 12.3. The number of benzene rings is 1. The molecule has 0 spiro atoms. The van der Waals surface area contributed by atoms with E-state index in [0.29, 0.717) is 6.42 Å². The monoisotopic (exact) mass is 293 g/mol. The Bertz CT molecular complexity index is 606. The van der Waals surface area contributed by atoms with Crippen LogP contribution in [0.4, 0.5) is 5.69 Å². The smallest absolute Gasteiger partial charge is 0.335 e. The number of anilines is 1. The lowest BCUT2D eigenvalue weighted by atomic mass is 9.96. The largest absolute Gasteiger partial charge is 0.478 e. The zero-order chi connectivity index (χ0) is 14.4. The minimum atomic E-state index is -1.10. The van der Waals surface area contributed by atoms with E-state index in [1.54, 1.807) is 0 Å². The number of imide groups is 1. The van der Waals surface area contributed by atoms with E-state index in [9.17, 15) is 14.4 Å². The van der Waals surface area contributed by atoms with Crippen LogP contribution in [0.5, 0.6) is 0 Å². The summed E-state index contributed by atoms with van der Waals surface area (Å²) in [5.74, 6) is -1.79. The number of halogens is 1. The molecule has 2 atom stereocenters. The van der Waals surface area contributed by atoms with Crippen LogP contribution in [-0.4, -0.2) is 22.9 Å². The molecule has 0 aromatic heterocycles. The Hall–Kier alpha value is -1.88. The quantitative estimate of drug-likeness (QED) is 0.849. The lowest BCUT2D eigenvalue weighted by molar-refractivity contribution is -0.133. The predicted molar refractivity (Wildman–Crippen MR) is 71.7 cm³/mol. The van der Waals surface area contributed by atoms with Crippen molar-refractivity contribution in [2.45, 2.75) is 19.3 Å². The van der Waals surface area contributed by atoms with Gasteiger partial charge in [-0.1, -0.05) is 11.6 Å². The Morgan fingerprint density at radius 1 is 1.20 bits per heavy atom. The average molecular weight is 294 g/mol. The zero-order valence-corrected chi connectivity index (χ0v) is 11.3. The van der Waals surface area contributed by atoms with Crippen molar-refractivity contribution in [3.63, 3.8) is 0 Å². The molecule has 1 heterocycles. The number of fused-ring (bicyclic) bond motifs is 2. The van der Waals surface area contributed by atoms with E-state index in [1.807, 2.05) is 0 Å². The maximum absolute atomic E-state index is 12.3. The van der Waals surface area contributed by atoms with E-state index >= 15 is 0 Å². The molecule has 1 N–H and O–H groups in total. The van der Waals surface area contributed by atoms with Gasteiger partial charge in [0.2, 0.25) is 11.8 Å². The van der Waals surface area contributed by atoms with Gasteiger partial charge in [-0.25, -0.2) is 9.69 Å². The molecule has 2 aliphatic rings. The molecule has 2 fully saturated rings. The highest BCUT2D eigenvalue weighted by Gasteiger charge is 2.46. The molecule has 5 nitrogen and oxygen atoms in total. The van der Waals surface area contributed by atoms with Crippen LogP contribution >= 0.6 is 11.6 Å². The number of carbonyl (C=O) groups excluding carboxylic acids is 2. The highest BCUT2D eigenvalue weighted by Crippen LogP contribution is 2.41. The first kappa shape index (κ1) is 13.1. The first-order chi connectivity index (χ1) is 9.49. The predicted octanol–water partition coefficient (Wildman–Crippen LogP) is 2.33. The number of hydrogen-bond donors (Lipinski definition) is 1. The van der Waals surface area contributed by atoms with Crippen LogP contribution in [0.25, 0.3) is 0 Å². The topological polar surface area (TPSA) is 74.7 Å². The second kappa shape index (κ2) is 4.59. The van der Waals surface area contributed by atoms with E-state index in [-0.39, 0.29) is 39.9 Å². The lowest BCUT2D eigenvalue weighted by Crippen LogP contribution is -2.46. The van der Waals surface area contributed by atoms with Crippen molar-refractivity contribution in [1.82, 2.24) is 0 Å². The summed E-state index contributed by atoms with van der Waals surface area (Å²) in [4.78, 5) is 36.6. The third kappa shape index (κ3) is 1.89. The third-order valence-electron chi connectivity index (χ3n) is 4.01. The van der Waals surface area contributed by atoms with Crippen LogP contribution in [0.1, 0.15) is 29.6 Å². The summed E-state index contributed by atoms with van der Waals surface area (Å²) >= 11 is 6.04. The fourth-order valence-corrected chi connectivity index (χ4v) is 3.23. The Morgan fingerprint density at radius 3 is 2.30 bits per heavy atom. The number of carboxylic acids is 1. The molecule has 2 bridgehead atoms. The van der Waals surface area contributed by atoms with E-state index in [0.717, 1.165) is 17.7 Å². The van der Waals surface area contributed by atoms with Crippen molar-refractivity contribution >= 4 is 35.1 Å². The molecule has 104 valence electrons. The van der Waals surface area contributed by atoms with E-state index in [2.05, 4.69) is 0 Å². The van der Waals surface area contributed by atoms with Gasteiger partial charge in [0, 0.05) is 11.8 Å². The molecular weight excluding hydrogens is 282 g/mol. The van der Waals surface area contributed by atoms with Crippen molar-refractivity contribution in [2.75, 3.05) is 4.90 Å². The number of rotatable bonds is 2. The Balaban J connectivity index is 2.02. The summed E-state index contributed by atoms with van der Waals surface area (Å²) in [6, 6.07) is 4.03. The van der Waals surface area contributed by atoms with Crippen molar-refractivity contribution < 1.29 is 19.5 Å². The summed E-state index contributed by atoms with van der Waals surface area (Å²) in [7, 11) is 0. The molecule has 1 saturated heterocycles. The fourth-order valence-electron chi connectivity index (χ4n) is 2.96. The van der Waals surface area contributed by atoms with Gasteiger partial charge in [0.25, 0.3) is 0 Å². The summed E-state index contributed by atoms with van der Waals surface area (Å²) in [6.45, 7) is 0. The Morgan fingerprint density at radius 2 is 1.80 bits per heavy atom. The lowest BCUT2D eigenvalue weighted by Gasteiger charge is -2.30. The van der Waals surface area contributed by atoms with Gasteiger partial charge in [0.1, 0.15) is 0 Å². The average Bonchev–Trinajstić information content (AvgIpc) is 2.85. The molecule has 1 aromatic carbocycles. The van der Waals surface area contributed by atoms with E-state index in [4.69, 9.17) is 16.7 Å². The van der Waals surface area contributed by atoms with Gasteiger partial charge < -0.3 is 5.11 Å².